The number of hydrogen-bond acceptors (Lipinski definition) is 10. The smallest absolute Gasteiger partial charge is 0.333 e. The number of anilines is 2. The number of likely N-dealkylation sites (N-methyl/N-ethyl adjacent to an activating group) is 2. The third-order valence-electron chi connectivity index (χ3n) is 13.9. The van der Waals surface area contributed by atoms with Crippen LogP contribution in [0.25, 0.3) is 0 Å². The lowest BCUT2D eigenvalue weighted by Crippen LogP contribution is -2.41. The number of nitrogens with zero attached hydrogens (tertiary/aromatic N) is 5. The van der Waals surface area contributed by atoms with Gasteiger partial charge in [0.1, 0.15) is 7.05 Å². The van der Waals surface area contributed by atoms with Crippen LogP contribution >= 0.6 is 0 Å². The molecule has 15 nitrogen and oxygen atoms in total. The Morgan fingerprint density at radius 1 is 0.771 bits per heavy atom. The van der Waals surface area contributed by atoms with Gasteiger partial charge in [-0.15, -0.1) is 5.06 Å². The summed E-state index contributed by atoms with van der Waals surface area (Å²) in [5, 5.41) is 0.565. The summed E-state index contributed by atoms with van der Waals surface area (Å²) in [5.41, 5.74) is 8.55. The van der Waals surface area contributed by atoms with Gasteiger partial charge in [0, 0.05) is 89.7 Å². The van der Waals surface area contributed by atoms with Gasteiger partial charge in [0.25, 0.3) is 21.9 Å². The molecule has 0 bridgehead atoms. The van der Waals surface area contributed by atoms with E-state index in [9.17, 15) is 35.8 Å². The number of sulfonamides is 1. The SMILES string of the molecule is CN1/C(=C/C=C2\CCC/C(=C\C=C3\N(CCCCCC(=O)ON4C(=O)CCC4=O)c4ccc(S(=O)(=O)O)cc4C3(C)C)C2=[N+](C)c2ccccc2)C(C)(C)c2cc(S(=O)(=O)NCC[N+](C)(C)C)ccc21. The molecule has 0 unspecified atom stereocenters. The lowest BCUT2D eigenvalue weighted by Gasteiger charge is -2.27. The summed E-state index contributed by atoms with van der Waals surface area (Å²) < 4.78 is 67.4. The number of unbranched alkanes of at least 4 members (excludes halogenated alkanes) is 2. The minimum absolute atomic E-state index is 0.0268. The van der Waals surface area contributed by atoms with Crippen LogP contribution in [0.2, 0.25) is 0 Å². The fraction of sp³-hybridized carbons (Fsp3) is 0.434. The predicted octanol–water partition coefficient (Wildman–Crippen LogP) is 7.83. The van der Waals surface area contributed by atoms with E-state index in [2.05, 4.69) is 76.4 Å². The first-order valence-electron chi connectivity index (χ1n) is 23.9. The molecule has 0 radical (unpaired) electrons. The van der Waals surface area contributed by atoms with Crippen LogP contribution in [0.1, 0.15) is 96.6 Å². The standard InChI is InChI=1S/C53H67N6O9S2/c1-52(2)42-35-40(69(63,64)54-32-34-59(7,8)9)24-26-44(42)56(6)46(52)28-22-37-17-16-18-38(51(37)55(5)39-19-12-10-13-20-39)23-29-47-53(3,4)43-36-41(70(65,66)67)25-27-45(43)57(47)33-15-11-14-21-50(62)68-58-48(60)30-31-49(58)61/h10,12-13,19-20,22-29,35-36,54H,11,14-18,21,30-34H2,1-9H3/q+1/p+1. The zero-order chi connectivity index (χ0) is 51.0. The second kappa shape index (κ2) is 20.2. The maximum absolute atomic E-state index is 13.5. The lowest BCUT2D eigenvalue weighted by molar-refractivity contribution is -0.869. The van der Waals surface area contributed by atoms with Gasteiger partial charge >= 0.3 is 5.97 Å². The molecule has 1 aliphatic carbocycles. The van der Waals surface area contributed by atoms with Gasteiger partial charge in [-0.1, -0.05) is 64.5 Å². The first-order chi connectivity index (χ1) is 32.8. The number of imide groups is 1. The highest BCUT2D eigenvalue weighted by atomic mass is 32.2. The Kier molecular flexibility index (Phi) is 15.0. The number of carbonyl (C=O) groups excluding carboxylic acids is 3. The average molecular weight is 997 g/mol. The number of benzene rings is 3. The summed E-state index contributed by atoms with van der Waals surface area (Å²) in [5.74, 6) is -1.68. The number of nitrogens with one attached hydrogen (secondary N) is 1. The molecule has 3 aromatic carbocycles. The molecule has 3 heterocycles. The van der Waals surface area contributed by atoms with Crippen molar-refractivity contribution in [1.29, 1.82) is 0 Å². The summed E-state index contributed by atoms with van der Waals surface area (Å²) in [7, 11) is 1.96. The molecule has 4 aliphatic rings. The molecule has 0 aromatic heterocycles. The summed E-state index contributed by atoms with van der Waals surface area (Å²) in [6, 6.07) is 20.3. The summed E-state index contributed by atoms with van der Waals surface area (Å²) >= 11 is 0. The number of para-hydroxylation sites is 1. The van der Waals surface area contributed by atoms with Crippen LogP contribution in [0.3, 0.4) is 0 Å². The second-order valence-electron chi connectivity index (χ2n) is 20.6. The quantitative estimate of drug-likeness (QED) is 0.0471. The predicted molar refractivity (Wildman–Crippen MR) is 272 cm³/mol. The normalized spacial score (nSPS) is 21.1. The number of quaternary nitrogens is 1. The Morgan fingerprint density at radius 2 is 1.34 bits per heavy atom. The first-order valence-corrected chi connectivity index (χ1v) is 26.9. The van der Waals surface area contributed by atoms with E-state index in [1.54, 1.807) is 24.3 Å². The largest absolute Gasteiger partial charge is 0.347 e. The Hall–Kier alpha value is -5.72. The highest BCUT2D eigenvalue weighted by Crippen LogP contribution is 2.50. The molecule has 0 spiro atoms. The molecular weight excluding hydrogens is 929 g/mol. The van der Waals surface area contributed by atoms with Gasteiger partial charge in [-0.05, 0) is 91.8 Å². The van der Waals surface area contributed by atoms with E-state index >= 15 is 0 Å². The molecule has 3 aromatic rings. The molecule has 7 rings (SSSR count). The Morgan fingerprint density at radius 3 is 1.97 bits per heavy atom. The second-order valence-corrected chi connectivity index (χ2v) is 23.8. The van der Waals surface area contributed by atoms with E-state index in [4.69, 9.17) is 4.84 Å². The molecular formula is C53H68N6O9S2+2. The molecule has 1 saturated carbocycles. The minimum atomic E-state index is -4.48. The molecule has 2 amide bonds. The van der Waals surface area contributed by atoms with Crippen molar-refractivity contribution in [1.82, 2.24) is 9.79 Å². The molecule has 17 heteroatoms. The fourth-order valence-electron chi connectivity index (χ4n) is 9.97. The molecule has 70 heavy (non-hydrogen) atoms. The highest BCUT2D eigenvalue weighted by molar-refractivity contribution is 7.89. The third kappa shape index (κ3) is 11.1. The van der Waals surface area contributed by atoms with Crippen molar-refractivity contribution >= 4 is 60.7 Å². The summed E-state index contributed by atoms with van der Waals surface area (Å²) in [6.45, 7) is 9.86. The zero-order valence-electron chi connectivity index (χ0n) is 41.9. The molecule has 374 valence electrons. The maximum Gasteiger partial charge on any atom is 0.333 e. The van der Waals surface area contributed by atoms with Gasteiger partial charge in [0.15, 0.2) is 0 Å². The van der Waals surface area contributed by atoms with E-state index in [1.165, 1.54) is 6.07 Å². The molecule has 0 atom stereocenters. The third-order valence-corrected chi connectivity index (χ3v) is 16.2. The Bertz CT molecular complexity index is 2950. The van der Waals surface area contributed by atoms with Crippen molar-refractivity contribution < 1.29 is 49.7 Å². The number of amides is 2. The number of hydrogen-bond donors (Lipinski definition) is 2. The average Bonchev–Trinajstić information content (AvgIpc) is 3.80. The monoisotopic (exact) mass is 996 g/mol. The number of rotatable bonds is 16. The maximum atomic E-state index is 13.5. The van der Waals surface area contributed by atoms with Crippen molar-refractivity contribution in [3.05, 3.63) is 125 Å². The molecule has 2 N–H and O–H groups in total. The van der Waals surface area contributed by atoms with Crippen molar-refractivity contribution in [2.45, 2.75) is 106 Å². The van der Waals surface area contributed by atoms with E-state index in [1.807, 2.05) is 66.3 Å². The van der Waals surface area contributed by atoms with E-state index in [0.717, 1.165) is 75.7 Å². The van der Waals surface area contributed by atoms with Gasteiger partial charge in [0.05, 0.1) is 44.0 Å². The van der Waals surface area contributed by atoms with Crippen LogP contribution in [-0.4, -0.2) is 114 Å². The Balaban J connectivity index is 1.21. The van der Waals surface area contributed by atoms with Gasteiger partial charge in [-0.25, -0.2) is 17.9 Å². The summed E-state index contributed by atoms with van der Waals surface area (Å²) in [6.07, 6.45) is 13.0. The van der Waals surface area contributed by atoms with Gasteiger partial charge in [-0.2, -0.15) is 13.0 Å². The van der Waals surface area contributed by atoms with Crippen LogP contribution < -0.4 is 14.5 Å². The van der Waals surface area contributed by atoms with Crippen LogP contribution in [0.4, 0.5) is 17.1 Å². The fourth-order valence-corrected chi connectivity index (χ4v) is 11.5. The summed E-state index contributed by atoms with van der Waals surface area (Å²) in [4.78, 5) is 45.9. The van der Waals surface area contributed by atoms with Crippen molar-refractivity contribution in [2.24, 2.45) is 0 Å². The molecule has 2 fully saturated rings. The van der Waals surface area contributed by atoms with Crippen molar-refractivity contribution in [2.75, 3.05) is 64.7 Å². The number of hydroxylamine groups is 2. The lowest BCUT2D eigenvalue weighted by atomic mass is 9.82. The number of carbonyl (C=O) groups is 3. The van der Waals surface area contributed by atoms with Crippen LogP contribution in [-0.2, 0) is 50.2 Å². The van der Waals surface area contributed by atoms with Crippen LogP contribution in [0, 0.1) is 0 Å². The van der Waals surface area contributed by atoms with Crippen molar-refractivity contribution in [3.63, 3.8) is 0 Å². The molecule has 1 saturated heterocycles. The van der Waals surface area contributed by atoms with Gasteiger partial charge in [-0.3, -0.25) is 14.1 Å². The van der Waals surface area contributed by atoms with Crippen LogP contribution in [0.15, 0.2) is 123 Å². The first kappa shape index (κ1) is 52.1. The topological polar surface area (TPSA) is 174 Å². The Labute approximate surface area is 413 Å². The van der Waals surface area contributed by atoms with E-state index in [-0.39, 0.29) is 29.1 Å². The zero-order valence-corrected chi connectivity index (χ0v) is 43.5. The van der Waals surface area contributed by atoms with Gasteiger partial charge in [0.2, 0.25) is 21.4 Å². The number of allylic oxidation sites excluding steroid dienone is 8. The van der Waals surface area contributed by atoms with E-state index in [0.29, 0.717) is 48.4 Å². The van der Waals surface area contributed by atoms with Gasteiger partial charge < -0.3 is 19.1 Å². The highest BCUT2D eigenvalue weighted by Gasteiger charge is 2.42. The minimum Gasteiger partial charge on any atom is -0.347 e. The number of fused-ring (bicyclic) bond motifs is 2. The van der Waals surface area contributed by atoms with Crippen LogP contribution in [0.5, 0.6) is 0 Å². The van der Waals surface area contributed by atoms with E-state index < -0.39 is 48.8 Å². The van der Waals surface area contributed by atoms with Crippen molar-refractivity contribution in [3.8, 4) is 0 Å². The molecule has 3 aliphatic heterocycles.